The first kappa shape index (κ1) is 31.1. The average molecular weight is 637 g/mol. The van der Waals surface area contributed by atoms with E-state index in [1.807, 2.05) is 6.07 Å². The third-order valence-corrected chi connectivity index (χ3v) is 8.19. The first-order valence-electron chi connectivity index (χ1n) is 14.0. The molecule has 1 aliphatic rings. The number of esters is 1. The van der Waals surface area contributed by atoms with Crippen LogP contribution in [0.25, 0.3) is 0 Å². The van der Waals surface area contributed by atoms with Crippen LogP contribution < -0.4 is 4.74 Å². The van der Waals surface area contributed by atoms with Crippen LogP contribution in [0.2, 0.25) is 0 Å². The lowest BCUT2D eigenvalue weighted by atomic mass is 9.81. The fourth-order valence-corrected chi connectivity index (χ4v) is 5.63. The maximum atomic E-state index is 13.9. The summed E-state index contributed by atoms with van der Waals surface area (Å²) in [6.45, 7) is 4.68. The number of aromatic nitrogens is 3. The average Bonchev–Trinajstić information content (AvgIpc) is 3.25. The van der Waals surface area contributed by atoms with Crippen molar-refractivity contribution < 1.29 is 27.4 Å². The van der Waals surface area contributed by atoms with Gasteiger partial charge < -0.3 is 9.47 Å². The first-order chi connectivity index (χ1) is 19.4. The SMILES string of the molecule is CCOC(=O)CC(Cc1cc(OCCc2ccc3c(n2)CCCC3)n(C)n1)c1cc(Br)cc(C(C)(C)C(F)(F)F)c1. The van der Waals surface area contributed by atoms with E-state index in [0.29, 0.717) is 41.1 Å². The van der Waals surface area contributed by atoms with E-state index in [1.165, 1.54) is 36.2 Å². The van der Waals surface area contributed by atoms with E-state index in [9.17, 15) is 18.0 Å². The summed E-state index contributed by atoms with van der Waals surface area (Å²) in [5.74, 6) is -0.295. The zero-order valence-electron chi connectivity index (χ0n) is 24.0. The lowest BCUT2D eigenvalue weighted by Gasteiger charge is -2.29. The Morgan fingerprint density at radius 1 is 1.10 bits per heavy atom. The minimum Gasteiger partial charge on any atom is -0.477 e. The first-order valence-corrected chi connectivity index (χ1v) is 14.8. The highest BCUT2D eigenvalue weighted by molar-refractivity contribution is 9.10. The summed E-state index contributed by atoms with van der Waals surface area (Å²) >= 11 is 3.38. The van der Waals surface area contributed by atoms with E-state index in [-0.39, 0.29) is 18.6 Å². The molecule has 0 saturated carbocycles. The van der Waals surface area contributed by atoms with E-state index in [2.05, 4.69) is 33.2 Å². The van der Waals surface area contributed by atoms with Crippen LogP contribution in [0.5, 0.6) is 5.88 Å². The van der Waals surface area contributed by atoms with Crippen molar-refractivity contribution in [1.82, 2.24) is 14.8 Å². The quantitative estimate of drug-likeness (QED) is 0.209. The summed E-state index contributed by atoms with van der Waals surface area (Å²) in [4.78, 5) is 17.3. The number of ether oxygens (including phenoxy) is 2. The molecule has 0 aliphatic heterocycles. The Morgan fingerprint density at radius 2 is 1.85 bits per heavy atom. The highest BCUT2D eigenvalue weighted by atomic mass is 79.9. The van der Waals surface area contributed by atoms with Crippen LogP contribution in [0.1, 0.15) is 79.7 Å². The third kappa shape index (κ3) is 7.70. The standard InChI is InChI=1S/C31H37BrF3N3O3/c1-5-40-29(39)17-22(21-14-23(18-24(32)15-21)30(2,3)31(33,34)35)16-26-19-28(38(4)37-26)41-13-12-25-11-10-20-8-6-7-9-27(20)36-25/h10-11,14-15,18-19,22H,5-9,12-13,16-17H2,1-4H3. The Kier molecular flexibility index (Phi) is 9.82. The molecule has 0 spiro atoms. The molecule has 10 heteroatoms. The van der Waals surface area contributed by atoms with Crippen molar-refractivity contribution in [2.45, 2.75) is 83.2 Å². The molecule has 222 valence electrons. The Morgan fingerprint density at radius 3 is 2.59 bits per heavy atom. The number of halogens is 4. The molecule has 0 N–H and O–H groups in total. The van der Waals surface area contributed by atoms with Crippen LogP contribution in [0, 0.1) is 0 Å². The fourth-order valence-electron chi connectivity index (χ4n) is 5.12. The lowest BCUT2D eigenvalue weighted by molar-refractivity contribution is -0.180. The van der Waals surface area contributed by atoms with Gasteiger partial charge in [-0.2, -0.15) is 18.3 Å². The van der Waals surface area contributed by atoms with E-state index in [4.69, 9.17) is 14.5 Å². The molecule has 4 rings (SSSR count). The van der Waals surface area contributed by atoms with Gasteiger partial charge in [0.25, 0.3) is 0 Å². The summed E-state index contributed by atoms with van der Waals surface area (Å²) in [5.41, 5.74) is 2.84. The number of carbonyl (C=O) groups excluding carboxylic acids is 1. The van der Waals surface area contributed by atoms with Gasteiger partial charge in [0.05, 0.1) is 30.7 Å². The van der Waals surface area contributed by atoms with Crippen LogP contribution in [0.4, 0.5) is 13.2 Å². The molecule has 0 amide bonds. The Balaban J connectivity index is 1.51. The lowest BCUT2D eigenvalue weighted by Crippen LogP contribution is -2.36. The topological polar surface area (TPSA) is 66.2 Å². The van der Waals surface area contributed by atoms with Gasteiger partial charge >= 0.3 is 12.1 Å². The van der Waals surface area contributed by atoms with E-state index in [0.717, 1.165) is 32.4 Å². The molecule has 1 unspecified atom stereocenters. The van der Waals surface area contributed by atoms with E-state index < -0.39 is 23.5 Å². The van der Waals surface area contributed by atoms with Gasteiger partial charge in [0.1, 0.15) is 0 Å². The van der Waals surface area contributed by atoms with Crippen molar-refractivity contribution in [2.24, 2.45) is 7.05 Å². The number of hydrogen-bond acceptors (Lipinski definition) is 5. The van der Waals surface area contributed by atoms with Crippen molar-refractivity contribution in [3.05, 3.63) is 74.6 Å². The largest absolute Gasteiger partial charge is 0.477 e. The normalized spacial score (nSPS) is 14.4. The van der Waals surface area contributed by atoms with Crippen molar-refractivity contribution >= 4 is 21.9 Å². The summed E-state index contributed by atoms with van der Waals surface area (Å²) in [5, 5.41) is 4.58. The molecule has 6 nitrogen and oxygen atoms in total. The molecule has 1 aliphatic carbocycles. The maximum absolute atomic E-state index is 13.9. The molecule has 3 aromatic rings. The monoisotopic (exact) mass is 635 g/mol. The van der Waals surface area contributed by atoms with Crippen molar-refractivity contribution in [1.29, 1.82) is 0 Å². The molecule has 41 heavy (non-hydrogen) atoms. The smallest absolute Gasteiger partial charge is 0.397 e. The molecule has 1 aromatic carbocycles. The molecule has 0 radical (unpaired) electrons. The second-order valence-corrected chi connectivity index (χ2v) is 12.0. The van der Waals surface area contributed by atoms with Crippen molar-refractivity contribution in [3.63, 3.8) is 0 Å². The minimum atomic E-state index is -4.44. The molecular weight excluding hydrogens is 599 g/mol. The molecule has 2 heterocycles. The number of benzene rings is 1. The number of hydrogen-bond donors (Lipinski definition) is 0. The zero-order chi connectivity index (χ0) is 29.8. The molecule has 1 atom stereocenters. The van der Waals surface area contributed by atoms with Gasteiger partial charge in [0.2, 0.25) is 5.88 Å². The molecule has 0 bridgehead atoms. The number of alkyl halides is 3. The van der Waals surface area contributed by atoms with Crippen LogP contribution in [0.3, 0.4) is 0 Å². The number of pyridine rings is 1. The number of fused-ring (bicyclic) bond motifs is 1. The summed E-state index contributed by atoms with van der Waals surface area (Å²) in [6.07, 6.45) is 1.06. The Hall–Kier alpha value is -2.88. The highest BCUT2D eigenvalue weighted by Crippen LogP contribution is 2.42. The third-order valence-electron chi connectivity index (χ3n) is 7.73. The fraction of sp³-hybridized carbons (Fsp3) is 0.516. The summed E-state index contributed by atoms with van der Waals surface area (Å²) < 4.78 is 54.9. The van der Waals surface area contributed by atoms with Gasteiger partial charge in [-0.3, -0.25) is 9.78 Å². The van der Waals surface area contributed by atoms with Crippen LogP contribution in [0.15, 0.2) is 40.9 Å². The van der Waals surface area contributed by atoms with Crippen molar-refractivity contribution in [3.8, 4) is 5.88 Å². The van der Waals surface area contributed by atoms with Crippen molar-refractivity contribution in [2.75, 3.05) is 13.2 Å². The summed E-state index contributed by atoms with van der Waals surface area (Å²) in [7, 11) is 1.78. The minimum absolute atomic E-state index is 0.00689. The van der Waals surface area contributed by atoms with Gasteiger partial charge in [0, 0.05) is 35.4 Å². The molecule has 0 saturated heterocycles. The number of aryl methyl sites for hydroxylation is 3. The highest BCUT2D eigenvalue weighted by Gasteiger charge is 2.48. The maximum Gasteiger partial charge on any atom is 0.397 e. The zero-order valence-corrected chi connectivity index (χ0v) is 25.6. The van der Waals surface area contributed by atoms with Gasteiger partial charge in [-0.05, 0) is 93.7 Å². The predicted molar refractivity (Wildman–Crippen MR) is 154 cm³/mol. The molecular formula is C31H37BrF3N3O3. The van der Waals surface area contributed by atoms with E-state index in [1.54, 1.807) is 24.7 Å². The van der Waals surface area contributed by atoms with Gasteiger partial charge in [-0.25, -0.2) is 4.68 Å². The van der Waals surface area contributed by atoms with Crippen LogP contribution in [-0.2, 0) is 47.7 Å². The second kappa shape index (κ2) is 13.0. The van der Waals surface area contributed by atoms with Crippen LogP contribution >= 0.6 is 15.9 Å². The number of rotatable bonds is 11. The number of nitrogens with zero attached hydrogens (tertiary/aromatic N) is 3. The summed E-state index contributed by atoms with van der Waals surface area (Å²) in [6, 6.07) is 10.8. The van der Waals surface area contributed by atoms with E-state index >= 15 is 0 Å². The number of carbonyl (C=O) groups is 1. The Labute approximate surface area is 247 Å². The van der Waals surface area contributed by atoms with Gasteiger partial charge in [0.15, 0.2) is 0 Å². The second-order valence-electron chi connectivity index (χ2n) is 11.1. The van der Waals surface area contributed by atoms with Crippen LogP contribution in [-0.4, -0.2) is 40.1 Å². The predicted octanol–water partition coefficient (Wildman–Crippen LogP) is 7.20. The Bertz CT molecular complexity index is 1370. The van der Waals surface area contributed by atoms with Gasteiger partial charge in [-0.15, -0.1) is 0 Å². The van der Waals surface area contributed by atoms with Gasteiger partial charge in [-0.1, -0.05) is 28.1 Å². The molecule has 2 aromatic heterocycles. The molecule has 0 fully saturated rings.